The molecule has 0 bridgehead atoms. The van der Waals surface area contributed by atoms with Gasteiger partial charge >= 0.3 is 0 Å². The molecule has 6 nitrogen and oxygen atoms in total. The molecule has 2 aliphatic heterocycles. The largest absolute Gasteiger partial charge is 0.472 e. The lowest BCUT2D eigenvalue weighted by molar-refractivity contribution is 0.290. The van der Waals surface area contributed by atoms with Crippen LogP contribution in [0, 0.1) is 0 Å². The summed E-state index contributed by atoms with van der Waals surface area (Å²) in [6, 6.07) is 11.3. The quantitative estimate of drug-likeness (QED) is 0.750. The van der Waals surface area contributed by atoms with Crippen molar-refractivity contribution in [2.24, 2.45) is 0 Å². The minimum Gasteiger partial charge on any atom is -0.472 e. The van der Waals surface area contributed by atoms with Crippen molar-refractivity contribution in [2.75, 3.05) is 25.0 Å². The van der Waals surface area contributed by atoms with E-state index in [0.717, 1.165) is 54.3 Å². The molecule has 0 spiro atoms. The average Bonchev–Trinajstić information content (AvgIpc) is 3.28. The first-order valence-corrected chi connectivity index (χ1v) is 9.49. The Morgan fingerprint density at radius 3 is 2.74 bits per heavy atom. The smallest absolute Gasteiger partial charge is 0.223 e. The van der Waals surface area contributed by atoms with Gasteiger partial charge in [0.2, 0.25) is 5.88 Å². The highest BCUT2D eigenvalue weighted by atomic mass is 16.5. The molecule has 0 saturated carbocycles. The van der Waals surface area contributed by atoms with Crippen LogP contribution in [0.3, 0.4) is 0 Å². The lowest BCUT2D eigenvalue weighted by Gasteiger charge is -2.33. The first-order valence-electron chi connectivity index (χ1n) is 9.49. The predicted octanol–water partition coefficient (Wildman–Crippen LogP) is 3.22. The number of aromatic amines is 1. The van der Waals surface area contributed by atoms with Crippen molar-refractivity contribution in [2.45, 2.75) is 25.5 Å². The van der Waals surface area contributed by atoms with Crippen LogP contribution in [0.1, 0.15) is 18.4 Å². The van der Waals surface area contributed by atoms with Gasteiger partial charge in [-0.15, -0.1) is 0 Å². The second kappa shape index (κ2) is 6.70. The van der Waals surface area contributed by atoms with E-state index in [1.165, 1.54) is 11.1 Å². The molecule has 138 valence electrons. The lowest BCUT2D eigenvalue weighted by Crippen LogP contribution is -2.41. The normalized spacial score (nSPS) is 16.3. The molecule has 2 aliphatic rings. The van der Waals surface area contributed by atoms with E-state index in [4.69, 9.17) is 9.72 Å². The Balaban J connectivity index is 1.45. The maximum Gasteiger partial charge on any atom is 0.223 e. The molecule has 27 heavy (non-hydrogen) atoms. The van der Waals surface area contributed by atoms with Gasteiger partial charge in [-0.05, 0) is 60.8 Å². The van der Waals surface area contributed by atoms with Crippen LogP contribution in [-0.2, 0) is 6.61 Å². The van der Waals surface area contributed by atoms with Crippen molar-refractivity contribution < 1.29 is 4.74 Å². The van der Waals surface area contributed by atoms with Crippen molar-refractivity contribution >= 4 is 5.82 Å². The Hall–Kier alpha value is -2.86. The molecule has 6 heteroatoms. The molecule has 4 heterocycles. The van der Waals surface area contributed by atoms with Crippen LogP contribution in [0.15, 0.2) is 42.7 Å². The summed E-state index contributed by atoms with van der Waals surface area (Å²) in [6.07, 6.45) is 6.04. The first-order chi connectivity index (χ1) is 13.3. The molecule has 1 fully saturated rings. The van der Waals surface area contributed by atoms with Crippen molar-refractivity contribution in [3.05, 3.63) is 48.3 Å². The van der Waals surface area contributed by atoms with Gasteiger partial charge < -0.3 is 15.0 Å². The number of hydrogen-bond donors (Lipinski definition) is 2. The Bertz CT molecular complexity index is 947. The maximum absolute atomic E-state index is 6.03. The third kappa shape index (κ3) is 2.96. The topological polar surface area (TPSA) is 66.1 Å². The summed E-state index contributed by atoms with van der Waals surface area (Å²) in [4.78, 5) is 7.12. The van der Waals surface area contributed by atoms with Crippen molar-refractivity contribution in [3.8, 4) is 28.1 Å². The van der Waals surface area contributed by atoms with Crippen LogP contribution in [0.25, 0.3) is 22.3 Å². The lowest BCUT2D eigenvalue weighted by atomic mass is 9.95. The molecule has 1 saturated heterocycles. The first kappa shape index (κ1) is 16.3. The van der Waals surface area contributed by atoms with Crippen molar-refractivity contribution in [3.63, 3.8) is 0 Å². The zero-order valence-electron chi connectivity index (χ0n) is 15.4. The second-order valence-electron chi connectivity index (χ2n) is 7.26. The van der Waals surface area contributed by atoms with Gasteiger partial charge in [-0.3, -0.25) is 5.10 Å². The van der Waals surface area contributed by atoms with E-state index < -0.39 is 0 Å². The van der Waals surface area contributed by atoms with Crippen LogP contribution < -0.4 is 15.0 Å². The van der Waals surface area contributed by atoms with Gasteiger partial charge in [0.1, 0.15) is 12.4 Å². The van der Waals surface area contributed by atoms with E-state index in [0.29, 0.717) is 12.6 Å². The van der Waals surface area contributed by atoms with Gasteiger partial charge in [0, 0.05) is 30.4 Å². The molecule has 3 aromatic rings. The number of rotatable bonds is 3. The van der Waals surface area contributed by atoms with E-state index in [1.54, 1.807) is 0 Å². The zero-order chi connectivity index (χ0) is 18.2. The van der Waals surface area contributed by atoms with Crippen LogP contribution in [0.2, 0.25) is 0 Å². The van der Waals surface area contributed by atoms with E-state index in [9.17, 15) is 0 Å². The molecule has 2 N–H and O–H groups in total. The summed E-state index contributed by atoms with van der Waals surface area (Å²) < 4.78 is 6.03. The maximum atomic E-state index is 6.03. The SMILES string of the molecule is CN(c1ccc2c(n1)OCc1cc(-c3cn[nH]c3)ccc1-2)C1CCNCC1. The highest BCUT2D eigenvalue weighted by molar-refractivity contribution is 5.78. The minimum absolute atomic E-state index is 0.533. The van der Waals surface area contributed by atoms with Crippen LogP contribution >= 0.6 is 0 Å². The second-order valence-corrected chi connectivity index (χ2v) is 7.26. The van der Waals surface area contributed by atoms with E-state index >= 15 is 0 Å². The molecular weight excluding hydrogens is 338 g/mol. The molecule has 2 aromatic heterocycles. The number of benzene rings is 1. The Labute approximate surface area is 158 Å². The number of ether oxygens (including phenoxy) is 1. The van der Waals surface area contributed by atoms with Gasteiger partial charge in [0.25, 0.3) is 0 Å². The number of fused-ring (bicyclic) bond motifs is 3. The van der Waals surface area contributed by atoms with Gasteiger partial charge in [0.05, 0.1) is 6.20 Å². The number of H-pyrrole nitrogens is 1. The highest BCUT2D eigenvalue weighted by Crippen LogP contribution is 2.39. The fraction of sp³-hybridized carbons (Fsp3) is 0.333. The standard InChI is InChI=1S/C21H23N5O/c1-26(17-6-8-22-9-7-17)20-5-4-19-18-3-2-14(16-11-23-24-12-16)10-15(18)13-27-21(19)25-20/h2-5,10-12,17,22H,6-9,13H2,1H3,(H,23,24). The average molecular weight is 361 g/mol. The highest BCUT2D eigenvalue weighted by Gasteiger charge is 2.23. The molecule has 0 amide bonds. The van der Waals surface area contributed by atoms with E-state index in [-0.39, 0.29) is 0 Å². The Kier molecular flexibility index (Phi) is 4.05. The number of pyridine rings is 1. The fourth-order valence-electron chi connectivity index (χ4n) is 4.03. The van der Waals surface area contributed by atoms with Crippen LogP contribution in [0.4, 0.5) is 5.82 Å². The molecule has 0 unspecified atom stereocenters. The minimum atomic E-state index is 0.533. The number of nitrogens with zero attached hydrogens (tertiary/aromatic N) is 3. The summed E-state index contributed by atoms with van der Waals surface area (Å²) in [6.45, 7) is 2.69. The van der Waals surface area contributed by atoms with Gasteiger partial charge in [-0.2, -0.15) is 10.1 Å². The van der Waals surface area contributed by atoms with Crippen LogP contribution in [-0.4, -0.2) is 41.4 Å². The zero-order valence-corrected chi connectivity index (χ0v) is 15.4. The summed E-state index contributed by atoms with van der Waals surface area (Å²) in [5, 5.41) is 10.3. The van der Waals surface area contributed by atoms with Gasteiger partial charge in [0.15, 0.2) is 0 Å². The Morgan fingerprint density at radius 2 is 1.93 bits per heavy atom. The molecule has 0 aliphatic carbocycles. The number of aromatic nitrogens is 3. The van der Waals surface area contributed by atoms with Gasteiger partial charge in [-0.25, -0.2) is 0 Å². The Morgan fingerprint density at radius 1 is 1.07 bits per heavy atom. The monoisotopic (exact) mass is 361 g/mol. The molecule has 0 atom stereocenters. The van der Waals surface area contributed by atoms with E-state index in [2.05, 4.69) is 57.8 Å². The summed E-state index contributed by atoms with van der Waals surface area (Å²) in [5.74, 6) is 1.72. The molecule has 1 aromatic carbocycles. The van der Waals surface area contributed by atoms with Gasteiger partial charge in [-0.1, -0.05) is 12.1 Å². The number of anilines is 1. The third-order valence-corrected chi connectivity index (χ3v) is 5.65. The number of nitrogens with one attached hydrogen (secondary N) is 2. The van der Waals surface area contributed by atoms with Crippen molar-refractivity contribution in [1.29, 1.82) is 0 Å². The fourth-order valence-corrected chi connectivity index (χ4v) is 4.03. The molecule has 0 radical (unpaired) electrons. The number of hydrogen-bond acceptors (Lipinski definition) is 5. The third-order valence-electron chi connectivity index (χ3n) is 5.65. The summed E-state index contributed by atoms with van der Waals surface area (Å²) in [7, 11) is 2.14. The van der Waals surface area contributed by atoms with E-state index in [1.807, 2.05) is 12.4 Å². The predicted molar refractivity (Wildman–Crippen MR) is 106 cm³/mol. The summed E-state index contributed by atoms with van der Waals surface area (Å²) >= 11 is 0. The summed E-state index contributed by atoms with van der Waals surface area (Å²) in [5.41, 5.74) is 5.68. The molecular formula is C21H23N5O. The van der Waals surface area contributed by atoms with Crippen LogP contribution in [0.5, 0.6) is 5.88 Å². The van der Waals surface area contributed by atoms with Crippen molar-refractivity contribution in [1.82, 2.24) is 20.5 Å². The molecule has 5 rings (SSSR count). The number of piperidine rings is 1.